The van der Waals surface area contributed by atoms with Gasteiger partial charge in [0.05, 0.1) is 7.11 Å². The zero-order valence-electron chi connectivity index (χ0n) is 12.7. The molecule has 0 spiro atoms. The minimum Gasteiger partial charge on any atom is -0.494 e. The van der Waals surface area contributed by atoms with Gasteiger partial charge in [0, 0.05) is 18.7 Å². The summed E-state index contributed by atoms with van der Waals surface area (Å²) in [6.45, 7) is 2.52. The van der Waals surface area contributed by atoms with Gasteiger partial charge in [0.25, 0.3) is 5.91 Å². The van der Waals surface area contributed by atoms with Gasteiger partial charge in [-0.25, -0.2) is 4.39 Å². The number of carbonyl (C=O) groups excluding carboxylic acids is 1. The lowest BCUT2D eigenvalue weighted by Gasteiger charge is -2.32. The van der Waals surface area contributed by atoms with E-state index in [-0.39, 0.29) is 11.7 Å². The van der Waals surface area contributed by atoms with Crippen LogP contribution in [0, 0.1) is 11.7 Å². The average Bonchev–Trinajstić information content (AvgIpc) is 2.52. The monoisotopic (exact) mass is 294 g/mol. The number of piperidine rings is 1. The van der Waals surface area contributed by atoms with Gasteiger partial charge in [0.2, 0.25) is 0 Å². The van der Waals surface area contributed by atoms with Crippen LogP contribution in [0.15, 0.2) is 18.2 Å². The predicted octanol–water partition coefficient (Wildman–Crippen LogP) is 2.30. The molecule has 1 fully saturated rings. The van der Waals surface area contributed by atoms with E-state index in [4.69, 9.17) is 4.74 Å². The number of benzene rings is 1. The number of hydrogen-bond donors (Lipinski definition) is 1. The number of amides is 1. The fraction of sp³-hybridized carbons (Fsp3) is 0.562. The molecule has 0 bridgehead atoms. The third-order valence-electron chi connectivity index (χ3n) is 4.10. The highest BCUT2D eigenvalue weighted by Gasteiger charge is 2.23. The van der Waals surface area contributed by atoms with E-state index >= 15 is 0 Å². The molecule has 0 unspecified atom stereocenters. The molecular formula is C16H23FN2O2. The van der Waals surface area contributed by atoms with E-state index in [0.29, 0.717) is 11.5 Å². The molecule has 1 heterocycles. The van der Waals surface area contributed by atoms with Crippen LogP contribution in [0.5, 0.6) is 5.75 Å². The van der Waals surface area contributed by atoms with Crippen molar-refractivity contribution in [2.24, 2.45) is 5.92 Å². The first-order chi connectivity index (χ1) is 10.2. The molecule has 1 aromatic carbocycles. The lowest BCUT2D eigenvalue weighted by Crippen LogP contribution is -2.39. The second-order valence-electron chi connectivity index (χ2n) is 5.48. The van der Waals surface area contributed by atoms with Crippen LogP contribution in [0.25, 0.3) is 0 Å². The van der Waals surface area contributed by atoms with E-state index in [1.165, 1.54) is 19.2 Å². The summed E-state index contributed by atoms with van der Waals surface area (Å²) in [6.07, 6.45) is 3.19. The van der Waals surface area contributed by atoms with Gasteiger partial charge >= 0.3 is 0 Å². The molecular weight excluding hydrogens is 271 g/mol. The Labute approximate surface area is 125 Å². The Morgan fingerprint density at radius 2 is 2.14 bits per heavy atom. The molecule has 4 nitrogen and oxygen atoms in total. The molecule has 0 radical (unpaired) electrons. The molecule has 1 N–H and O–H groups in total. The fourth-order valence-electron chi connectivity index (χ4n) is 2.76. The van der Waals surface area contributed by atoms with Crippen molar-refractivity contribution in [1.29, 1.82) is 0 Å². The van der Waals surface area contributed by atoms with E-state index in [0.717, 1.165) is 38.9 Å². The van der Waals surface area contributed by atoms with E-state index in [1.54, 1.807) is 6.07 Å². The smallest absolute Gasteiger partial charge is 0.253 e. The molecule has 0 atom stereocenters. The second-order valence-corrected chi connectivity index (χ2v) is 5.48. The molecule has 116 valence electrons. The van der Waals surface area contributed by atoms with Crippen molar-refractivity contribution in [3.8, 4) is 5.75 Å². The van der Waals surface area contributed by atoms with Crippen LogP contribution >= 0.6 is 0 Å². The van der Waals surface area contributed by atoms with E-state index in [2.05, 4.69) is 5.32 Å². The van der Waals surface area contributed by atoms with E-state index < -0.39 is 5.82 Å². The summed E-state index contributed by atoms with van der Waals surface area (Å²) >= 11 is 0. The minimum atomic E-state index is -0.493. The lowest BCUT2D eigenvalue weighted by atomic mass is 9.93. The Balaban J connectivity index is 1.94. The minimum absolute atomic E-state index is 0.0939. The highest BCUT2D eigenvalue weighted by atomic mass is 19.1. The average molecular weight is 294 g/mol. The van der Waals surface area contributed by atoms with Crippen LogP contribution in [0.1, 0.15) is 29.6 Å². The third kappa shape index (κ3) is 3.94. The summed E-state index contributed by atoms with van der Waals surface area (Å²) in [5.41, 5.74) is 0.391. The first kappa shape index (κ1) is 15.8. The summed E-state index contributed by atoms with van der Waals surface area (Å²) in [6, 6.07) is 4.38. The van der Waals surface area contributed by atoms with Crippen molar-refractivity contribution >= 4 is 5.91 Å². The molecule has 21 heavy (non-hydrogen) atoms. The molecule has 1 aromatic rings. The number of halogens is 1. The number of rotatable bonds is 5. The predicted molar refractivity (Wildman–Crippen MR) is 80.1 cm³/mol. The maximum absolute atomic E-state index is 13.7. The number of nitrogens with one attached hydrogen (secondary N) is 1. The number of likely N-dealkylation sites (tertiary alicyclic amines) is 1. The maximum atomic E-state index is 13.7. The first-order valence-corrected chi connectivity index (χ1v) is 7.43. The maximum Gasteiger partial charge on any atom is 0.253 e. The van der Waals surface area contributed by atoms with E-state index in [1.807, 2.05) is 11.9 Å². The molecule has 1 amide bonds. The Bertz CT molecular complexity index is 485. The number of ether oxygens (including phenoxy) is 1. The zero-order valence-corrected chi connectivity index (χ0v) is 12.7. The summed E-state index contributed by atoms with van der Waals surface area (Å²) < 4.78 is 18.5. The summed E-state index contributed by atoms with van der Waals surface area (Å²) in [5, 5.41) is 3.16. The van der Waals surface area contributed by atoms with Gasteiger partial charge in [-0.3, -0.25) is 4.79 Å². The number of carbonyl (C=O) groups is 1. The van der Waals surface area contributed by atoms with Gasteiger partial charge in [-0.2, -0.15) is 0 Å². The molecule has 1 aliphatic rings. The largest absolute Gasteiger partial charge is 0.494 e. The van der Waals surface area contributed by atoms with Crippen LogP contribution < -0.4 is 10.1 Å². The first-order valence-electron chi connectivity index (χ1n) is 7.43. The molecule has 1 saturated heterocycles. The van der Waals surface area contributed by atoms with Crippen LogP contribution in [0.3, 0.4) is 0 Å². The number of nitrogens with zero attached hydrogens (tertiary/aromatic N) is 1. The summed E-state index contributed by atoms with van der Waals surface area (Å²) in [7, 11) is 3.37. The Morgan fingerprint density at radius 1 is 1.43 bits per heavy atom. The Morgan fingerprint density at radius 3 is 2.71 bits per heavy atom. The lowest BCUT2D eigenvalue weighted by molar-refractivity contribution is 0.0686. The fourth-order valence-corrected chi connectivity index (χ4v) is 2.76. The summed E-state index contributed by atoms with van der Waals surface area (Å²) in [5.74, 6) is 0.252. The van der Waals surface area contributed by atoms with Crippen molar-refractivity contribution in [2.45, 2.75) is 19.3 Å². The van der Waals surface area contributed by atoms with Crippen molar-refractivity contribution < 1.29 is 13.9 Å². The van der Waals surface area contributed by atoms with Gasteiger partial charge in [0.1, 0.15) is 0 Å². The molecule has 0 aliphatic carbocycles. The molecule has 5 heteroatoms. The second kappa shape index (κ2) is 7.41. The standard InChI is InChI=1S/C16H23FN2O2/c1-18-8-5-12-6-9-19(10-7-12)16(20)13-3-4-15(21-2)14(17)11-13/h3-4,11-12,18H,5-10H2,1-2H3. The SMILES string of the molecule is CNCCC1CCN(C(=O)c2ccc(OC)c(F)c2)CC1. The van der Waals surface area contributed by atoms with Crippen LogP contribution in [0.2, 0.25) is 0 Å². The Hall–Kier alpha value is -1.62. The summed E-state index contributed by atoms with van der Waals surface area (Å²) in [4.78, 5) is 14.2. The van der Waals surface area contributed by atoms with Crippen molar-refractivity contribution in [3.05, 3.63) is 29.6 Å². The van der Waals surface area contributed by atoms with Gasteiger partial charge < -0.3 is 15.0 Å². The quantitative estimate of drug-likeness (QED) is 0.906. The third-order valence-corrected chi connectivity index (χ3v) is 4.10. The van der Waals surface area contributed by atoms with Crippen LogP contribution in [-0.4, -0.2) is 44.6 Å². The van der Waals surface area contributed by atoms with Crippen molar-refractivity contribution in [1.82, 2.24) is 10.2 Å². The topological polar surface area (TPSA) is 41.6 Å². The van der Waals surface area contributed by atoms with Crippen molar-refractivity contribution in [3.63, 3.8) is 0 Å². The molecule has 1 aliphatic heterocycles. The molecule has 0 aromatic heterocycles. The highest BCUT2D eigenvalue weighted by Crippen LogP contribution is 2.23. The Kier molecular flexibility index (Phi) is 5.56. The number of methoxy groups -OCH3 is 1. The molecule has 2 rings (SSSR count). The number of hydrogen-bond acceptors (Lipinski definition) is 3. The van der Waals surface area contributed by atoms with Gasteiger partial charge in [0.15, 0.2) is 11.6 Å². The van der Waals surface area contributed by atoms with Crippen molar-refractivity contribution in [2.75, 3.05) is 33.8 Å². The van der Waals surface area contributed by atoms with Gasteiger partial charge in [-0.05, 0) is 57.0 Å². The zero-order chi connectivity index (χ0) is 15.2. The van der Waals surface area contributed by atoms with Crippen LogP contribution in [0.4, 0.5) is 4.39 Å². The normalized spacial score (nSPS) is 16.0. The van der Waals surface area contributed by atoms with Crippen LogP contribution in [-0.2, 0) is 0 Å². The van der Waals surface area contributed by atoms with Gasteiger partial charge in [-0.15, -0.1) is 0 Å². The van der Waals surface area contributed by atoms with E-state index in [9.17, 15) is 9.18 Å². The highest BCUT2D eigenvalue weighted by molar-refractivity contribution is 5.94. The van der Waals surface area contributed by atoms with Gasteiger partial charge in [-0.1, -0.05) is 0 Å². The molecule has 0 saturated carbocycles.